The normalized spacial score (nSPS) is 10.3. The molecular weight excluding hydrogens is 272 g/mol. The standard InChI is InChI=1S/C15H16N2O4/c1-10-14(15(19)20)12(7-16-10)17-13(18)9-21-8-11-5-3-2-4-6-11/h2-7,16H,8-9H2,1H3,(H,17,18)(H,19,20). The molecule has 0 spiro atoms. The van der Waals surface area contributed by atoms with Crippen LogP contribution >= 0.6 is 0 Å². The minimum atomic E-state index is -1.09. The lowest BCUT2D eigenvalue weighted by Crippen LogP contribution is -2.19. The molecule has 110 valence electrons. The van der Waals surface area contributed by atoms with Gasteiger partial charge in [0.1, 0.15) is 12.2 Å². The Morgan fingerprint density at radius 1 is 1.29 bits per heavy atom. The van der Waals surface area contributed by atoms with Gasteiger partial charge in [0.2, 0.25) is 5.91 Å². The van der Waals surface area contributed by atoms with Crippen LogP contribution in [0.2, 0.25) is 0 Å². The van der Waals surface area contributed by atoms with Crippen molar-refractivity contribution >= 4 is 17.6 Å². The molecule has 1 heterocycles. The van der Waals surface area contributed by atoms with Crippen LogP contribution in [0.4, 0.5) is 5.69 Å². The molecule has 1 aromatic heterocycles. The van der Waals surface area contributed by atoms with E-state index in [9.17, 15) is 9.59 Å². The Kier molecular flexibility index (Phi) is 4.73. The average Bonchev–Trinajstić information content (AvgIpc) is 2.81. The van der Waals surface area contributed by atoms with Gasteiger partial charge in [-0.25, -0.2) is 4.79 Å². The first-order valence-electron chi connectivity index (χ1n) is 6.40. The lowest BCUT2D eigenvalue weighted by Gasteiger charge is -2.06. The van der Waals surface area contributed by atoms with E-state index in [0.717, 1.165) is 5.56 Å². The number of aryl methyl sites for hydroxylation is 1. The number of amides is 1. The van der Waals surface area contributed by atoms with Crippen molar-refractivity contribution in [2.24, 2.45) is 0 Å². The molecule has 0 atom stereocenters. The first-order chi connectivity index (χ1) is 10.1. The van der Waals surface area contributed by atoms with Gasteiger partial charge in [-0.2, -0.15) is 0 Å². The molecule has 2 aromatic rings. The third kappa shape index (κ3) is 3.93. The molecule has 1 amide bonds. The zero-order valence-corrected chi connectivity index (χ0v) is 11.6. The summed E-state index contributed by atoms with van der Waals surface area (Å²) in [6.07, 6.45) is 1.45. The van der Waals surface area contributed by atoms with Gasteiger partial charge in [-0.1, -0.05) is 30.3 Å². The number of carbonyl (C=O) groups excluding carboxylic acids is 1. The molecule has 0 aliphatic carbocycles. The molecular formula is C15H16N2O4. The number of aromatic nitrogens is 1. The zero-order valence-electron chi connectivity index (χ0n) is 11.6. The van der Waals surface area contributed by atoms with Gasteiger partial charge in [-0.15, -0.1) is 0 Å². The Morgan fingerprint density at radius 2 is 2.00 bits per heavy atom. The minimum Gasteiger partial charge on any atom is -0.478 e. The van der Waals surface area contributed by atoms with E-state index in [1.165, 1.54) is 6.20 Å². The van der Waals surface area contributed by atoms with E-state index in [1.54, 1.807) is 6.92 Å². The Hall–Kier alpha value is -2.60. The third-order valence-electron chi connectivity index (χ3n) is 2.91. The second-order valence-corrected chi connectivity index (χ2v) is 4.53. The molecule has 1 aromatic carbocycles. The summed E-state index contributed by atoms with van der Waals surface area (Å²) >= 11 is 0. The fourth-order valence-electron chi connectivity index (χ4n) is 1.92. The van der Waals surface area contributed by atoms with E-state index in [1.807, 2.05) is 30.3 Å². The number of carboxylic acids is 1. The van der Waals surface area contributed by atoms with E-state index in [0.29, 0.717) is 12.3 Å². The highest BCUT2D eigenvalue weighted by molar-refractivity contribution is 6.01. The van der Waals surface area contributed by atoms with Gasteiger partial charge in [0, 0.05) is 11.9 Å². The molecule has 0 aliphatic heterocycles. The maximum atomic E-state index is 11.7. The van der Waals surface area contributed by atoms with Crippen LogP contribution < -0.4 is 5.32 Å². The molecule has 6 heteroatoms. The molecule has 0 bridgehead atoms. The minimum absolute atomic E-state index is 0.0615. The first kappa shape index (κ1) is 14.8. The number of anilines is 1. The van der Waals surface area contributed by atoms with Crippen LogP contribution in [0.1, 0.15) is 21.6 Å². The highest BCUT2D eigenvalue weighted by Gasteiger charge is 2.16. The fourth-order valence-corrected chi connectivity index (χ4v) is 1.92. The largest absolute Gasteiger partial charge is 0.478 e. The van der Waals surface area contributed by atoms with Crippen LogP contribution in [0.5, 0.6) is 0 Å². The highest BCUT2D eigenvalue weighted by Crippen LogP contribution is 2.18. The van der Waals surface area contributed by atoms with E-state index < -0.39 is 11.9 Å². The van der Waals surface area contributed by atoms with Crippen molar-refractivity contribution in [1.82, 2.24) is 4.98 Å². The lowest BCUT2D eigenvalue weighted by atomic mass is 10.2. The van der Waals surface area contributed by atoms with Gasteiger partial charge < -0.3 is 20.1 Å². The number of carboxylic acid groups (broad SMARTS) is 1. The number of ether oxygens (including phenoxy) is 1. The summed E-state index contributed by atoms with van der Waals surface area (Å²) in [4.78, 5) is 25.6. The van der Waals surface area contributed by atoms with Crippen molar-refractivity contribution in [2.45, 2.75) is 13.5 Å². The maximum Gasteiger partial charge on any atom is 0.339 e. The average molecular weight is 288 g/mol. The monoisotopic (exact) mass is 288 g/mol. The van der Waals surface area contributed by atoms with E-state index in [2.05, 4.69) is 10.3 Å². The molecule has 0 saturated heterocycles. The molecule has 0 saturated carbocycles. The summed E-state index contributed by atoms with van der Waals surface area (Å²) in [5.41, 5.74) is 1.76. The van der Waals surface area contributed by atoms with Crippen LogP contribution in [0, 0.1) is 6.92 Å². The topological polar surface area (TPSA) is 91.4 Å². The highest BCUT2D eigenvalue weighted by atomic mass is 16.5. The van der Waals surface area contributed by atoms with Crippen molar-refractivity contribution < 1.29 is 19.4 Å². The molecule has 21 heavy (non-hydrogen) atoms. The van der Waals surface area contributed by atoms with Crippen LogP contribution in [0.25, 0.3) is 0 Å². The van der Waals surface area contributed by atoms with Crippen molar-refractivity contribution in [2.75, 3.05) is 11.9 Å². The number of hydrogen-bond acceptors (Lipinski definition) is 3. The Labute approximate surface area is 121 Å². The number of hydrogen-bond donors (Lipinski definition) is 3. The van der Waals surface area contributed by atoms with Gasteiger partial charge >= 0.3 is 5.97 Å². The van der Waals surface area contributed by atoms with Crippen LogP contribution in [-0.2, 0) is 16.1 Å². The number of aromatic carboxylic acids is 1. The second-order valence-electron chi connectivity index (χ2n) is 4.53. The number of rotatable bonds is 6. The maximum absolute atomic E-state index is 11.7. The lowest BCUT2D eigenvalue weighted by molar-refractivity contribution is -0.121. The number of benzene rings is 1. The van der Waals surface area contributed by atoms with E-state index in [-0.39, 0.29) is 17.9 Å². The van der Waals surface area contributed by atoms with E-state index >= 15 is 0 Å². The summed E-state index contributed by atoms with van der Waals surface area (Å²) in [6, 6.07) is 9.48. The summed E-state index contributed by atoms with van der Waals surface area (Å²) in [7, 11) is 0. The molecule has 3 N–H and O–H groups in total. The smallest absolute Gasteiger partial charge is 0.339 e. The predicted molar refractivity (Wildman–Crippen MR) is 77.2 cm³/mol. The van der Waals surface area contributed by atoms with Gasteiger partial charge in [0.15, 0.2) is 0 Å². The summed E-state index contributed by atoms with van der Waals surface area (Å²) in [6.45, 7) is 1.81. The number of nitrogens with one attached hydrogen (secondary N) is 2. The Bertz CT molecular complexity index is 634. The predicted octanol–water partition coefficient (Wildman–Crippen LogP) is 2.18. The Balaban J connectivity index is 1.86. The SMILES string of the molecule is Cc1[nH]cc(NC(=O)COCc2ccccc2)c1C(=O)O. The van der Waals surface area contributed by atoms with Crippen LogP contribution in [0.15, 0.2) is 36.5 Å². The summed E-state index contributed by atoms with van der Waals surface area (Å²) in [5.74, 6) is -1.48. The van der Waals surface area contributed by atoms with Crippen molar-refractivity contribution in [3.63, 3.8) is 0 Å². The first-order valence-corrected chi connectivity index (χ1v) is 6.40. The summed E-state index contributed by atoms with van der Waals surface area (Å²) in [5, 5.41) is 11.6. The van der Waals surface area contributed by atoms with Gasteiger partial charge in [-0.3, -0.25) is 4.79 Å². The summed E-state index contributed by atoms with van der Waals surface area (Å²) < 4.78 is 5.29. The fraction of sp³-hybridized carbons (Fsp3) is 0.200. The quantitative estimate of drug-likeness (QED) is 0.759. The van der Waals surface area contributed by atoms with Gasteiger partial charge in [0.25, 0.3) is 0 Å². The molecule has 6 nitrogen and oxygen atoms in total. The number of H-pyrrole nitrogens is 1. The molecule has 0 unspecified atom stereocenters. The van der Waals surface area contributed by atoms with Gasteiger partial charge in [0.05, 0.1) is 12.3 Å². The van der Waals surface area contributed by atoms with Crippen molar-refractivity contribution in [3.8, 4) is 0 Å². The molecule has 0 aliphatic rings. The number of aromatic amines is 1. The van der Waals surface area contributed by atoms with Crippen molar-refractivity contribution in [3.05, 3.63) is 53.3 Å². The van der Waals surface area contributed by atoms with Gasteiger partial charge in [-0.05, 0) is 12.5 Å². The van der Waals surface area contributed by atoms with Crippen LogP contribution in [0.3, 0.4) is 0 Å². The zero-order chi connectivity index (χ0) is 15.2. The van der Waals surface area contributed by atoms with E-state index in [4.69, 9.17) is 9.84 Å². The molecule has 0 fully saturated rings. The third-order valence-corrected chi connectivity index (χ3v) is 2.91. The molecule has 0 radical (unpaired) electrons. The second kappa shape index (κ2) is 6.71. The number of carbonyl (C=O) groups is 2. The van der Waals surface area contributed by atoms with Crippen LogP contribution in [-0.4, -0.2) is 28.6 Å². The van der Waals surface area contributed by atoms with Crippen molar-refractivity contribution in [1.29, 1.82) is 0 Å². The Morgan fingerprint density at radius 3 is 2.67 bits per heavy atom. The molecule has 2 rings (SSSR count).